The number of hydrogen-bond donors (Lipinski definition) is 1. The first-order chi connectivity index (χ1) is 13.4. The largest absolute Gasteiger partial charge is 0.492 e. The lowest BCUT2D eigenvalue weighted by atomic mass is 9.93. The Labute approximate surface area is 167 Å². The third kappa shape index (κ3) is 3.96. The van der Waals surface area contributed by atoms with Crippen molar-refractivity contribution in [2.75, 3.05) is 39.5 Å². The summed E-state index contributed by atoms with van der Waals surface area (Å²) in [5.74, 6) is 0.733. The maximum Gasteiger partial charge on any atom is 0.236 e. The minimum Gasteiger partial charge on any atom is -0.492 e. The summed E-state index contributed by atoms with van der Waals surface area (Å²) in [6, 6.07) is 4.70. The zero-order chi connectivity index (χ0) is 20.3. The lowest BCUT2D eigenvalue weighted by molar-refractivity contribution is -0.531. The Morgan fingerprint density at radius 3 is 2.86 bits per heavy atom. The van der Waals surface area contributed by atoms with Gasteiger partial charge in [0.2, 0.25) is 6.04 Å². The minimum atomic E-state index is -1.00. The number of benzene rings is 1. The molecule has 1 aliphatic rings. The van der Waals surface area contributed by atoms with Gasteiger partial charge in [0.25, 0.3) is 0 Å². The number of morpholine rings is 1. The molecule has 1 aromatic carbocycles. The summed E-state index contributed by atoms with van der Waals surface area (Å²) >= 11 is 1.28. The van der Waals surface area contributed by atoms with Gasteiger partial charge in [0.1, 0.15) is 17.9 Å². The number of aromatic nitrogens is 1. The van der Waals surface area contributed by atoms with Crippen LogP contribution < -0.4 is 9.54 Å². The van der Waals surface area contributed by atoms with Gasteiger partial charge in [0.15, 0.2) is 4.80 Å². The van der Waals surface area contributed by atoms with Crippen molar-refractivity contribution in [3.63, 3.8) is 0 Å². The quantitative estimate of drug-likeness (QED) is 0.413. The van der Waals surface area contributed by atoms with Gasteiger partial charge in [-0.05, 0) is 25.1 Å². The average molecular weight is 407 g/mol. The van der Waals surface area contributed by atoms with E-state index in [-0.39, 0.29) is 9.72 Å². The molecule has 152 valence electrons. The van der Waals surface area contributed by atoms with Gasteiger partial charge in [-0.3, -0.25) is 20.4 Å². The molecule has 0 saturated carbocycles. The van der Waals surface area contributed by atoms with Crippen molar-refractivity contribution in [1.82, 2.24) is 9.47 Å². The van der Waals surface area contributed by atoms with Crippen LogP contribution in [0.2, 0.25) is 0 Å². The minimum absolute atomic E-state index is 0.247. The van der Waals surface area contributed by atoms with E-state index in [2.05, 4.69) is 11.5 Å². The fourth-order valence-corrected chi connectivity index (χ4v) is 4.40. The Morgan fingerprint density at radius 1 is 1.50 bits per heavy atom. The number of rotatable bonds is 8. The van der Waals surface area contributed by atoms with E-state index in [0.29, 0.717) is 6.61 Å². The maximum atomic E-state index is 11.4. The van der Waals surface area contributed by atoms with E-state index in [1.807, 2.05) is 18.2 Å². The number of nitro groups is 1. The van der Waals surface area contributed by atoms with Crippen LogP contribution in [-0.4, -0.2) is 59.9 Å². The standard InChI is InChI=1S/C19H26N4O4S/c1-4-19(3,14(2)23(24)25)22-16-6-5-15(13-17(16)28-18(22)20)27-12-9-21-7-10-26-11-8-21/h4-6,13-14,20H,1,7-12H2,2-3H3. The number of thiazole rings is 1. The van der Waals surface area contributed by atoms with Crippen LogP contribution >= 0.6 is 11.3 Å². The molecule has 2 unspecified atom stereocenters. The van der Waals surface area contributed by atoms with E-state index < -0.39 is 11.6 Å². The summed E-state index contributed by atoms with van der Waals surface area (Å²) in [7, 11) is 0. The van der Waals surface area contributed by atoms with Crippen LogP contribution in [0.5, 0.6) is 5.75 Å². The lowest BCUT2D eigenvalue weighted by Crippen LogP contribution is -2.46. The fourth-order valence-electron chi connectivity index (χ4n) is 3.37. The monoisotopic (exact) mass is 406 g/mol. The highest BCUT2D eigenvalue weighted by Crippen LogP contribution is 2.31. The van der Waals surface area contributed by atoms with Crippen LogP contribution in [0.3, 0.4) is 0 Å². The molecule has 8 nitrogen and oxygen atoms in total. The Bertz CT molecular complexity index is 918. The SMILES string of the molecule is C=CC(C)(C(C)[N+](=O)[O-])n1c(=N)sc2cc(OCCN3CCOCC3)ccc21. The summed E-state index contributed by atoms with van der Waals surface area (Å²) < 4.78 is 13.8. The third-order valence-corrected chi connectivity index (χ3v) is 6.34. The third-order valence-electron chi connectivity index (χ3n) is 5.42. The zero-order valence-corrected chi connectivity index (χ0v) is 17.0. The van der Waals surface area contributed by atoms with Crippen LogP contribution in [0.15, 0.2) is 30.9 Å². The number of nitrogens with one attached hydrogen (secondary N) is 1. The van der Waals surface area contributed by atoms with E-state index in [4.69, 9.17) is 14.9 Å². The molecule has 0 radical (unpaired) electrons. The summed E-state index contributed by atoms with van der Waals surface area (Å²) in [5.41, 5.74) is -0.232. The lowest BCUT2D eigenvalue weighted by Gasteiger charge is -2.29. The Balaban J connectivity index is 1.81. The number of nitrogens with zero attached hydrogens (tertiary/aromatic N) is 3. The van der Waals surface area contributed by atoms with E-state index in [1.54, 1.807) is 24.5 Å². The van der Waals surface area contributed by atoms with Crippen LogP contribution in [0.4, 0.5) is 0 Å². The molecule has 0 aliphatic carbocycles. The number of hydrogen-bond acceptors (Lipinski definition) is 7. The van der Waals surface area contributed by atoms with Gasteiger partial charge < -0.3 is 14.0 Å². The van der Waals surface area contributed by atoms with E-state index in [0.717, 1.165) is 48.8 Å². The molecular formula is C19H26N4O4S. The van der Waals surface area contributed by atoms with Crippen molar-refractivity contribution in [1.29, 1.82) is 5.41 Å². The van der Waals surface area contributed by atoms with Crippen molar-refractivity contribution >= 4 is 21.6 Å². The molecule has 1 aliphatic heterocycles. The van der Waals surface area contributed by atoms with Crippen molar-refractivity contribution in [3.8, 4) is 5.75 Å². The first kappa shape index (κ1) is 20.5. The molecule has 2 atom stereocenters. The first-order valence-corrected chi connectivity index (χ1v) is 10.1. The molecule has 28 heavy (non-hydrogen) atoms. The molecule has 1 N–H and O–H groups in total. The second-order valence-electron chi connectivity index (χ2n) is 7.07. The molecule has 1 saturated heterocycles. The molecule has 2 heterocycles. The highest BCUT2D eigenvalue weighted by Gasteiger charge is 2.40. The molecule has 2 aromatic rings. The zero-order valence-electron chi connectivity index (χ0n) is 16.2. The molecular weight excluding hydrogens is 380 g/mol. The van der Waals surface area contributed by atoms with Gasteiger partial charge in [0, 0.05) is 31.5 Å². The highest BCUT2D eigenvalue weighted by atomic mass is 32.1. The summed E-state index contributed by atoms with van der Waals surface area (Å²) in [5, 5.41) is 19.8. The predicted octanol–water partition coefficient (Wildman–Crippen LogP) is 2.46. The first-order valence-electron chi connectivity index (χ1n) is 9.27. The highest BCUT2D eigenvalue weighted by molar-refractivity contribution is 7.16. The van der Waals surface area contributed by atoms with Gasteiger partial charge in [-0.2, -0.15) is 0 Å². The second-order valence-corrected chi connectivity index (χ2v) is 8.10. The molecule has 9 heteroatoms. The summed E-state index contributed by atoms with van der Waals surface area (Å²) in [6.07, 6.45) is 1.55. The van der Waals surface area contributed by atoms with Crippen molar-refractivity contribution in [3.05, 3.63) is 45.8 Å². The Hall–Kier alpha value is -2.23. The fraction of sp³-hybridized carbons (Fsp3) is 0.526. The maximum absolute atomic E-state index is 11.4. The molecule has 0 amide bonds. The van der Waals surface area contributed by atoms with E-state index >= 15 is 0 Å². The average Bonchev–Trinajstić information content (AvgIpc) is 3.03. The van der Waals surface area contributed by atoms with Crippen molar-refractivity contribution in [2.24, 2.45) is 0 Å². The van der Waals surface area contributed by atoms with Crippen LogP contribution in [0.25, 0.3) is 10.2 Å². The van der Waals surface area contributed by atoms with Crippen LogP contribution in [0, 0.1) is 15.5 Å². The van der Waals surface area contributed by atoms with Crippen LogP contribution in [-0.2, 0) is 10.3 Å². The van der Waals surface area contributed by atoms with Gasteiger partial charge >= 0.3 is 0 Å². The predicted molar refractivity (Wildman–Crippen MR) is 109 cm³/mol. The van der Waals surface area contributed by atoms with Crippen molar-refractivity contribution in [2.45, 2.75) is 25.4 Å². The number of fused-ring (bicyclic) bond motifs is 1. The van der Waals surface area contributed by atoms with Gasteiger partial charge in [-0.25, -0.2) is 0 Å². The number of ether oxygens (including phenoxy) is 2. The second kappa shape index (κ2) is 8.42. The molecule has 1 fully saturated rings. The summed E-state index contributed by atoms with van der Waals surface area (Å²) in [6.45, 7) is 11.9. The Kier molecular flexibility index (Phi) is 6.17. The van der Waals surface area contributed by atoms with Crippen LogP contribution in [0.1, 0.15) is 13.8 Å². The molecule has 0 spiro atoms. The Morgan fingerprint density at radius 2 is 2.21 bits per heavy atom. The summed E-state index contributed by atoms with van der Waals surface area (Å²) in [4.78, 5) is 13.6. The topological polar surface area (TPSA) is 93.6 Å². The molecule has 3 rings (SSSR count). The van der Waals surface area contributed by atoms with Crippen molar-refractivity contribution < 1.29 is 14.4 Å². The van der Waals surface area contributed by atoms with Gasteiger partial charge in [-0.15, -0.1) is 6.58 Å². The van der Waals surface area contributed by atoms with E-state index in [1.165, 1.54) is 11.3 Å². The molecule has 1 aromatic heterocycles. The normalized spacial score (nSPS) is 18.5. The van der Waals surface area contributed by atoms with Gasteiger partial charge in [0.05, 0.1) is 23.4 Å². The van der Waals surface area contributed by atoms with Gasteiger partial charge in [-0.1, -0.05) is 17.4 Å². The van der Waals surface area contributed by atoms with E-state index in [9.17, 15) is 10.1 Å². The molecule has 0 bridgehead atoms. The smallest absolute Gasteiger partial charge is 0.236 e.